The third kappa shape index (κ3) is 4.15. The SMILES string of the molecule is CC1=C(C)C[C@H](C(=O)Nc2sc3c(c2C#N)CC[C@@H](c2ccccc2)C3)[C@@H](C(=O)O)C1. The lowest BCUT2D eigenvalue weighted by molar-refractivity contribution is -0.146. The fourth-order valence-corrected chi connectivity index (χ4v) is 6.11. The number of carbonyl (C=O) groups excluding carboxylic acids is 1. The molecule has 0 unspecified atom stereocenters. The zero-order chi connectivity index (χ0) is 22.1. The maximum Gasteiger partial charge on any atom is 0.307 e. The fourth-order valence-electron chi connectivity index (χ4n) is 4.83. The summed E-state index contributed by atoms with van der Waals surface area (Å²) in [6.45, 7) is 3.89. The van der Waals surface area contributed by atoms with E-state index in [1.54, 1.807) is 0 Å². The van der Waals surface area contributed by atoms with E-state index in [4.69, 9.17) is 0 Å². The molecule has 1 aromatic heterocycles. The molecule has 0 fully saturated rings. The van der Waals surface area contributed by atoms with E-state index in [-0.39, 0.29) is 5.91 Å². The Hall–Kier alpha value is -2.91. The van der Waals surface area contributed by atoms with Gasteiger partial charge in [0, 0.05) is 4.88 Å². The summed E-state index contributed by atoms with van der Waals surface area (Å²) in [5, 5.41) is 22.9. The lowest BCUT2D eigenvalue weighted by Crippen LogP contribution is -2.36. The van der Waals surface area contributed by atoms with Crippen molar-refractivity contribution in [3.8, 4) is 6.07 Å². The van der Waals surface area contributed by atoms with Crippen LogP contribution >= 0.6 is 11.3 Å². The molecule has 2 aliphatic carbocycles. The third-order valence-electron chi connectivity index (χ3n) is 6.81. The second-order valence-corrected chi connectivity index (χ2v) is 9.78. The second kappa shape index (κ2) is 8.68. The van der Waals surface area contributed by atoms with E-state index in [1.165, 1.54) is 16.9 Å². The van der Waals surface area contributed by atoms with Crippen molar-refractivity contribution in [1.82, 2.24) is 0 Å². The molecular weight excluding hydrogens is 408 g/mol. The zero-order valence-electron chi connectivity index (χ0n) is 17.8. The van der Waals surface area contributed by atoms with E-state index < -0.39 is 17.8 Å². The van der Waals surface area contributed by atoms with Crippen molar-refractivity contribution in [1.29, 1.82) is 5.26 Å². The van der Waals surface area contributed by atoms with E-state index in [1.807, 2.05) is 32.0 Å². The molecule has 6 heteroatoms. The van der Waals surface area contributed by atoms with Crippen LogP contribution in [0.3, 0.4) is 0 Å². The van der Waals surface area contributed by atoms with Crippen LogP contribution in [0.1, 0.15) is 60.6 Å². The topological polar surface area (TPSA) is 90.2 Å². The minimum absolute atomic E-state index is 0.297. The number of carbonyl (C=O) groups is 2. The molecular formula is C25H26N2O3S. The van der Waals surface area contributed by atoms with Crippen LogP contribution in [0.5, 0.6) is 0 Å². The normalized spacial score (nSPS) is 23.1. The predicted octanol–water partition coefficient (Wildman–Crippen LogP) is 5.28. The summed E-state index contributed by atoms with van der Waals surface area (Å²) < 4.78 is 0. The second-order valence-electron chi connectivity index (χ2n) is 8.68. The van der Waals surface area contributed by atoms with Gasteiger partial charge in [0.1, 0.15) is 11.1 Å². The molecule has 2 aromatic rings. The molecule has 5 nitrogen and oxygen atoms in total. The van der Waals surface area contributed by atoms with Crippen LogP contribution in [0.2, 0.25) is 0 Å². The minimum Gasteiger partial charge on any atom is -0.481 e. The van der Waals surface area contributed by atoms with Gasteiger partial charge in [-0.3, -0.25) is 9.59 Å². The molecule has 0 saturated heterocycles. The van der Waals surface area contributed by atoms with Gasteiger partial charge in [0.15, 0.2) is 0 Å². The maximum absolute atomic E-state index is 13.1. The number of allylic oxidation sites excluding steroid dienone is 2. The third-order valence-corrected chi connectivity index (χ3v) is 7.97. The molecule has 0 aliphatic heterocycles. The number of carboxylic acid groups (broad SMARTS) is 1. The van der Waals surface area contributed by atoms with Crippen molar-refractivity contribution in [2.24, 2.45) is 11.8 Å². The van der Waals surface area contributed by atoms with Crippen LogP contribution in [0, 0.1) is 23.2 Å². The van der Waals surface area contributed by atoms with Crippen molar-refractivity contribution in [2.45, 2.75) is 51.9 Å². The molecule has 0 radical (unpaired) electrons. The Morgan fingerprint density at radius 2 is 1.77 bits per heavy atom. The molecule has 1 heterocycles. The Kier molecular flexibility index (Phi) is 5.97. The highest BCUT2D eigenvalue weighted by molar-refractivity contribution is 7.16. The van der Waals surface area contributed by atoms with Gasteiger partial charge in [-0.1, -0.05) is 41.5 Å². The Morgan fingerprint density at radius 1 is 1.10 bits per heavy atom. The molecule has 31 heavy (non-hydrogen) atoms. The van der Waals surface area contributed by atoms with Gasteiger partial charge in [-0.15, -0.1) is 11.3 Å². The monoisotopic (exact) mass is 434 g/mol. The number of anilines is 1. The number of nitriles is 1. The van der Waals surface area contributed by atoms with Gasteiger partial charge in [0.2, 0.25) is 5.91 Å². The van der Waals surface area contributed by atoms with E-state index >= 15 is 0 Å². The molecule has 2 aliphatic rings. The van der Waals surface area contributed by atoms with Crippen LogP contribution in [-0.2, 0) is 22.4 Å². The Bertz CT molecular complexity index is 1090. The lowest BCUT2D eigenvalue weighted by atomic mass is 9.76. The first-order valence-corrected chi connectivity index (χ1v) is 11.5. The number of hydrogen-bond donors (Lipinski definition) is 2. The standard InChI is InChI=1S/C25H26N2O3S/c1-14-10-19(20(25(29)30)11-15(14)2)23(28)27-24-21(13-26)18-9-8-17(12-22(18)31-24)16-6-4-3-5-7-16/h3-7,17,19-20H,8-12H2,1-2H3,(H,27,28)(H,29,30)/t17-,19+,20+/m1/s1. The van der Waals surface area contributed by atoms with Gasteiger partial charge >= 0.3 is 5.97 Å². The lowest BCUT2D eigenvalue weighted by Gasteiger charge is -2.29. The number of fused-ring (bicyclic) bond motifs is 1. The summed E-state index contributed by atoms with van der Waals surface area (Å²) in [6.07, 6.45) is 3.48. The quantitative estimate of drug-likeness (QED) is 0.641. The van der Waals surface area contributed by atoms with E-state index in [0.29, 0.717) is 29.3 Å². The van der Waals surface area contributed by atoms with Gasteiger partial charge in [-0.05, 0) is 63.0 Å². The molecule has 160 valence electrons. The number of rotatable bonds is 4. The summed E-state index contributed by atoms with van der Waals surface area (Å²) >= 11 is 1.47. The van der Waals surface area contributed by atoms with Gasteiger partial charge in [-0.2, -0.15) is 5.26 Å². The molecule has 1 amide bonds. The van der Waals surface area contributed by atoms with E-state index in [9.17, 15) is 20.0 Å². The molecule has 0 bridgehead atoms. The first kappa shape index (κ1) is 21.3. The minimum atomic E-state index is -0.941. The largest absolute Gasteiger partial charge is 0.481 e. The molecule has 2 N–H and O–H groups in total. The van der Waals surface area contributed by atoms with Gasteiger partial charge in [0.05, 0.1) is 17.4 Å². The van der Waals surface area contributed by atoms with Crippen LogP contribution < -0.4 is 5.32 Å². The van der Waals surface area contributed by atoms with Crippen LogP contribution in [0.15, 0.2) is 41.5 Å². The summed E-state index contributed by atoms with van der Waals surface area (Å²) in [7, 11) is 0. The summed E-state index contributed by atoms with van der Waals surface area (Å²) in [5.74, 6) is -2.18. The summed E-state index contributed by atoms with van der Waals surface area (Å²) in [4.78, 5) is 26.0. The Labute approximate surface area is 186 Å². The average molecular weight is 435 g/mol. The molecule has 3 atom stereocenters. The van der Waals surface area contributed by atoms with E-state index in [0.717, 1.165) is 40.8 Å². The Balaban J connectivity index is 1.57. The van der Waals surface area contributed by atoms with Crippen LogP contribution in [0.25, 0.3) is 0 Å². The number of thiophene rings is 1. The first-order valence-electron chi connectivity index (χ1n) is 10.7. The maximum atomic E-state index is 13.1. The number of amides is 1. The number of nitrogens with zero attached hydrogens (tertiary/aromatic N) is 1. The summed E-state index contributed by atoms with van der Waals surface area (Å²) in [5.41, 5.74) is 5.02. The van der Waals surface area contributed by atoms with Crippen molar-refractivity contribution >= 4 is 28.2 Å². The predicted molar refractivity (Wildman–Crippen MR) is 121 cm³/mol. The highest BCUT2D eigenvalue weighted by atomic mass is 32.1. The molecule has 4 rings (SSSR count). The first-order chi connectivity index (χ1) is 14.9. The number of carboxylic acids is 1. The summed E-state index contributed by atoms with van der Waals surface area (Å²) in [6, 6.07) is 12.7. The molecule has 0 spiro atoms. The number of aliphatic carboxylic acids is 1. The van der Waals surface area contributed by atoms with E-state index in [2.05, 4.69) is 23.5 Å². The van der Waals surface area contributed by atoms with Gasteiger partial charge in [0.25, 0.3) is 0 Å². The Morgan fingerprint density at radius 3 is 2.42 bits per heavy atom. The van der Waals surface area contributed by atoms with Gasteiger partial charge < -0.3 is 10.4 Å². The smallest absolute Gasteiger partial charge is 0.307 e. The van der Waals surface area contributed by atoms with Crippen LogP contribution in [-0.4, -0.2) is 17.0 Å². The zero-order valence-corrected chi connectivity index (χ0v) is 18.6. The number of benzene rings is 1. The molecule has 1 aromatic carbocycles. The molecule has 0 saturated carbocycles. The van der Waals surface area contributed by atoms with Crippen LogP contribution in [0.4, 0.5) is 5.00 Å². The fraction of sp³-hybridized carbons (Fsp3) is 0.400. The average Bonchev–Trinajstić information content (AvgIpc) is 3.11. The number of hydrogen-bond acceptors (Lipinski definition) is 4. The van der Waals surface area contributed by atoms with Crippen molar-refractivity contribution in [3.05, 3.63) is 63.0 Å². The van der Waals surface area contributed by atoms with Crippen molar-refractivity contribution in [3.63, 3.8) is 0 Å². The van der Waals surface area contributed by atoms with Gasteiger partial charge in [-0.25, -0.2) is 0 Å². The number of nitrogens with one attached hydrogen (secondary N) is 1. The van der Waals surface area contributed by atoms with Crippen molar-refractivity contribution < 1.29 is 14.7 Å². The highest BCUT2D eigenvalue weighted by Crippen LogP contribution is 2.43. The highest BCUT2D eigenvalue weighted by Gasteiger charge is 2.38. The van der Waals surface area contributed by atoms with Crippen molar-refractivity contribution in [2.75, 3.05) is 5.32 Å².